The lowest BCUT2D eigenvalue weighted by Gasteiger charge is -2.21. The first-order valence-electron chi connectivity index (χ1n) is 10.3. The maximum absolute atomic E-state index is 13.2. The fourth-order valence-corrected chi connectivity index (χ4v) is 4.44. The number of para-hydroxylation sites is 1. The van der Waals surface area contributed by atoms with Gasteiger partial charge in [0.2, 0.25) is 10.0 Å². The molecule has 1 amide bonds. The van der Waals surface area contributed by atoms with Crippen LogP contribution in [0.25, 0.3) is 0 Å². The van der Waals surface area contributed by atoms with E-state index in [-0.39, 0.29) is 17.2 Å². The Balaban J connectivity index is 1.75. The minimum atomic E-state index is -3.93. The molecule has 0 atom stereocenters. The van der Waals surface area contributed by atoms with E-state index < -0.39 is 22.5 Å². The third-order valence-electron chi connectivity index (χ3n) is 4.63. The number of aromatic hydroxyl groups is 1. The maximum Gasteiger partial charge on any atom is 0.255 e. The zero-order chi connectivity index (χ0) is 23.7. The molecule has 0 aliphatic rings. The van der Waals surface area contributed by atoms with Crippen LogP contribution in [0.3, 0.4) is 0 Å². The number of sulfonamides is 1. The standard InChI is InChI=1S/C24H25N3O5S/c1-2-32-22-15-9-12-20(24(22)29)16-25-26-23(28)18-27(17-19-10-5-3-6-11-19)33(30,31)21-13-7-4-8-14-21/h3-16,29H,2,17-18H2,1H3,(H,26,28)/b25-16-. The van der Waals surface area contributed by atoms with E-state index in [0.29, 0.717) is 17.9 Å². The number of rotatable bonds is 10. The average molecular weight is 468 g/mol. The molecule has 3 aromatic rings. The molecule has 3 aromatic carbocycles. The quantitative estimate of drug-likeness (QED) is 0.352. The molecule has 0 aliphatic heterocycles. The van der Waals surface area contributed by atoms with Gasteiger partial charge < -0.3 is 9.84 Å². The van der Waals surface area contributed by atoms with Gasteiger partial charge in [-0.3, -0.25) is 4.79 Å². The molecule has 33 heavy (non-hydrogen) atoms. The number of hydrogen-bond donors (Lipinski definition) is 2. The van der Waals surface area contributed by atoms with Gasteiger partial charge in [-0.05, 0) is 36.8 Å². The lowest BCUT2D eigenvalue weighted by molar-refractivity contribution is -0.121. The molecule has 0 aliphatic carbocycles. The summed E-state index contributed by atoms with van der Waals surface area (Å²) in [4.78, 5) is 12.6. The van der Waals surface area contributed by atoms with Crippen LogP contribution in [-0.4, -0.2) is 43.1 Å². The number of ether oxygens (including phenoxy) is 1. The molecule has 9 heteroatoms. The molecule has 0 saturated heterocycles. The van der Waals surface area contributed by atoms with Gasteiger partial charge in [0.1, 0.15) is 0 Å². The number of hydrazone groups is 1. The van der Waals surface area contributed by atoms with Crippen LogP contribution in [0.2, 0.25) is 0 Å². The van der Waals surface area contributed by atoms with Crippen LogP contribution in [0.4, 0.5) is 0 Å². The predicted molar refractivity (Wildman–Crippen MR) is 125 cm³/mol. The summed E-state index contributed by atoms with van der Waals surface area (Å²) in [5, 5.41) is 14.1. The molecule has 0 unspecified atom stereocenters. The summed E-state index contributed by atoms with van der Waals surface area (Å²) >= 11 is 0. The molecule has 0 radical (unpaired) electrons. The Kier molecular flexibility index (Phi) is 8.17. The second-order valence-electron chi connectivity index (χ2n) is 6.99. The smallest absolute Gasteiger partial charge is 0.255 e. The van der Waals surface area contributed by atoms with Crippen molar-refractivity contribution in [3.8, 4) is 11.5 Å². The first-order chi connectivity index (χ1) is 15.9. The van der Waals surface area contributed by atoms with Gasteiger partial charge in [0.05, 0.1) is 24.3 Å². The highest BCUT2D eigenvalue weighted by atomic mass is 32.2. The highest BCUT2D eigenvalue weighted by Gasteiger charge is 2.26. The Bertz CT molecular complexity index is 1200. The molecule has 0 spiro atoms. The second-order valence-corrected chi connectivity index (χ2v) is 8.93. The summed E-state index contributed by atoms with van der Waals surface area (Å²) in [6, 6.07) is 21.9. The normalized spacial score (nSPS) is 11.6. The van der Waals surface area contributed by atoms with E-state index in [0.717, 1.165) is 9.87 Å². The number of phenols is 1. The van der Waals surface area contributed by atoms with E-state index in [1.165, 1.54) is 18.3 Å². The number of carbonyl (C=O) groups excluding carboxylic acids is 1. The van der Waals surface area contributed by atoms with Crippen molar-refractivity contribution in [1.29, 1.82) is 0 Å². The lowest BCUT2D eigenvalue weighted by atomic mass is 10.2. The molecule has 2 N–H and O–H groups in total. The summed E-state index contributed by atoms with van der Waals surface area (Å²) in [6.07, 6.45) is 1.27. The maximum atomic E-state index is 13.2. The Morgan fingerprint density at radius 2 is 1.70 bits per heavy atom. The topological polar surface area (TPSA) is 108 Å². The van der Waals surface area contributed by atoms with Gasteiger partial charge in [0.15, 0.2) is 11.5 Å². The Labute approximate surface area is 193 Å². The summed E-state index contributed by atoms with van der Waals surface area (Å²) < 4.78 is 32.8. The summed E-state index contributed by atoms with van der Waals surface area (Å²) in [5.41, 5.74) is 3.41. The number of benzene rings is 3. The molecule has 172 valence electrons. The highest BCUT2D eigenvalue weighted by Crippen LogP contribution is 2.28. The van der Waals surface area contributed by atoms with E-state index in [1.54, 1.807) is 67.6 Å². The minimum Gasteiger partial charge on any atom is -0.504 e. The number of carbonyl (C=O) groups is 1. The second kappa shape index (κ2) is 11.3. The van der Waals surface area contributed by atoms with E-state index in [4.69, 9.17) is 4.74 Å². The number of nitrogens with zero attached hydrogens (tertiary/aromatic N) is 2. The van der Waals surface area contributed by atoms with Gasteiger partial charge in [-0.15, -0.1) is 0 Å². The van der Waals surface area contributed by atoms with Gasteiger partial charge in [-0.1, -0.05) is 54.6 Å². The first kappa shape index (κ1) is 24.0. The molecule has 0 aromatic heterocycles. The van der Waals surface area contributed by atoms with E-state index in [2.05, 4.69) is 10.5 Å². The van der Waals surface area contributed by atoms with Crippen molar-refractivity contribution in [3.05, 3.63) is 90.0 Å². The van der Waals surface area contributed by atoms with Gasteiger partial charge in [-0.25, -0.2) is 13.8 Å². The molecule has 8 nitrogen and oxygen atoms in total. The monoisotopic (exact) mass is 467 g/mol. The lowest BCUT2D eigenvalue weighted by Crippen LogP contribution is -2.39. The predicted octanol–water partition coefficient (Wildman–Crippen LogP) is 3.13. The van der Waals surface area contributed by atoms with E-state index in [1.807, 2.05) is 6.07 Å². The zero-order valence-corrected chi connectivity index (χ0v) is 18.9. The molecular formula is C24H25N3O5S. The van der Waals surface area contributed by atoms with Crippen LogP contribution in [0, 0.1) is 0 Å². The first-order valence-corrected chi connectivity index (χ1v) is 11.7. The third kappa shape index (κ3) is 6.41. The van der Waals surface area contributed by atoms with Gasteiger partial charge >= 0.3 is 0 Å². The van der Waals surface area contributed by atoms with Crippen molar-refractivity contribution in [2.24, 2.45) is 5.10 Å². The van der Waals surface area contributed by atoms with Crippen molar-refractivity contribution in [2.45, 2.75) is 18.4 Å². The molecule has 0 saturated carbocycles. The Hall–Kier alpha value is -3.69. The van der Waals surface area contributed by atoms with E-state index in [9.17, 15) is 18.3 Å². The van der Waals surface area contributed by atoms with Gasteiger partial charge in [-0.2, -0.15) is 9.41 Å². The highest BCUT2D eigenvalue weighted by molar-refractivity contribution is 7.89. The fourth-order valence-electron chi connectivity index (χ4n) is 3.04. The minimum absolute atomic E-state index is 0.0202. The summed E-state index contributed by atoms with van der Waals surface area (Å²) in [7, 11) is -3.93. The Morgan fingerprint density at radius 3 is 2.36 bits per heavy atom. The Morgan fingerprint density at radius 1 is 1.03 bits per heavy atom. The van der Waals surface area contributed by atoms with Crippen molar-refractivity contribution in [3.63, 3.8) is 0 Å². The number of hydrogen-bond acceptors (Lipinski definition) is 6. The largest absolute Gasteiger partial charge is 0.504 e. The van der Waals surface area contributed by atoms with Crippen LogP contribution < -0.4 is 10.2 Å². The van der Waals surface area contributed by atoms with Gasteiger partial charge in [0.25, 0.3) is 5.91 Å². The fraction of sp³-hybridized carbons (Fsp3) is 0.167. The number of phenolic OH excluding ortho intramolecular Hbond substituents is 1. The summed E-state index contributed by atoms with van der Waals surface area (Å²) in [5.74, 6) is -0.424. The zero-order valence-electron chi connectivity index (χ0n) is 18.1. The number of nitrogens with one attached hydrogen (secondary N) is 1. The van der Waals surface area contributed by atoms with Crippen LogP contribution in [-0.2, 0) is 21.4 Å². The van der Waals surface area contributed by atoms with Crippen molar-refractivity contribution in [1.82, 2.24) is 9.73 Å². The van der Waals surface area contributed by atoms with Crippen molar-refractivity contribution in [2.75, 3.05) is 13.2 Å². The van der Waals surface area contributed by atoms with Crippen LogP contribution in [0.15, 0.2) is 88.9 Å². The van der Waals surface area contributed by atoms with Crippen LogP contribution in [0.1, 0.15) is 18.1 Å². The number of amides is 1. The van der Waals surface area contributed by atoms with Crippen LogP contribution in [0.5, 0.6) is 11.5 Å². The van der Waals surface area contributed by atoms with Gasteiger partial charge in [0, 0.05) is 12.1 Å². The third-order valence-corrected chi connectivity index (χ3v) is 6.43. The molecule has 3 rings (SSSR count). The van der Waals surface area contributed by atoms with Crippen molar-refractivity contribution < 1.29 is 23.1 Å². The van der Waals surface area contributed by atoms with Crippen LogP contribution >= 0.6 is 0 Å². The molecular weight excluding hydrogens is 442 g/mol. The van der Waals surface area contributed by atoms with E-state index >= 15 is 0 Å². The molecule has 0 heterocycles. The average Bonchev–Trinajstić information content (AvgIpc) is 2.82. The summed E-state index contributed by atoms with van der Waals surface area (Å²) in [6.45, 7) is 1.77. The molecule has 0 fully saturated rings. The molecule has 0 bridgehead atoms. The SMILES string of the molecule is CCOc1cccc(/C=N\NC(=O)CN(Cc2ccccc2)S(=O)(=O)c2ccccc2)c1O. The van der Waals surface area contributed by atoms with Crippen molar-refractivity contribution >= 4 is 22.1 Å².